The van der Waals surface area contributed by atoms with Crippen LogP contribution in [0.2, 0.25) is 0 Å². The molecule has 0 unspecified atom stereocenters. The van der Waals surface area contributed by atoms with Crippen molar-refractivity contribution in [1.29, 1.82) is 0 Å². The van der Waals surface area contributed by atoms with E-state index in [-0.39, 0.29) is 18.1 Å². The molecule has 4 rings (SSSR count). The number of H-pyrrole nitrogens is 1. The summed E-state index contributed by atoms with van der Waals surface area (Å²) >= 11 is 0. The second kappa shape index (κ2) is 5.45. The first kappa shape index (κ1) is 14.4. The van der Waals surface area contributed by atoms with E-state index in [1.807, 2.05) is 6.92 Å². The Hall–Kier alpha value is -2.22. The summed E-state index contributed by atoms with van der Waals surface area (Å²) in [4.78, 5) is 19.1. The van der Waals surface area contributed by atoms with Crippen LogP contribution in [0.15, 0.2) is 4.52 Å². The number of hydrogen-bond acceptors (Lipinski definition) is 6. The van der Waals surface area contributed by atoms with Crippen LogP contribution in [0.25, 0.3) is 0 Å². The maximum Gasteiger partial charge on any atom is 0.275 e. The molecule has 2 aromatic rings. The molecule has 1 amide bonds. The van der Waals surface area contributed by atoms with Crippen molar-refractivity contribution in [1.82, 2.24) is 25.2 Å². The van der Waals surface area contributed by atoms with Gasteiger partial charge in [-0.1, -0.05) is 5.16 Å². The zero-order chi connectivity index (χ0) is 16.0. The van der Waals surface area contributed by atoms with Gasteiger partial charge < -0.3 is 14.2 Å². The average molecular weight is 317 g/mol. The summed E-state index contributed by atoms with van der Waals surface area (Å²) in [7, 11) is 0. The highest BCUT2D eigenvalue weighted by atomic mass is 16.5. The largest absolute Gasteiger partial charge is 0.374 e. The van der Waals surface area contributed by atoms with Crippen molar-refractivity contribution in [3.05, 3.63) is 28.7 Å². The monoisotopic (exact) mass is 317 g/mol. The first-order valence-corrected chi connectivity index (χ1v) is 7.94. The Balaban J connectivity index is 1.68. The molecule has 1 aliphatic carbocycles. The summed E-state index contributed by atoms with van der Waals surface area (Å²) in [5.41, 5.74) is 2.65. The topological polar surface area (TPSA) is 97.1 Å². The minimum Gasteiger partial charge on any atom is -0.374 e. The lowest BCUT2D eigenvalue weighted by Gasteiger charge is -2.37. The smallest absolute Gasteiger partial charge is 0.275 e. The van der Waals surface area contributed by atoms with Crippen LogP contribution in [-0.4, -0.2) is 50.4 Å². The average Bonchev–Trinajstić information content (AvgIpc) is 3.22. The summed E-state index contributed by atoms with van der Waals surface area (Å²) < 4.78 is 11.0. The van der Waals surface area contributed by atoms with Gasteiger partial charge in [-0.2, -0.15) is 10.1 Å². The van der Waals surface area contributed by atoms with Gasteiger partial charge in [-0.05, 0) is 33.1 Å². The van der Waals surface area contributed by atoms with Crippen molar-refractivity contribution < 1.29 is 14.1 Å². The number of rotatable bonds is 2. The molecule has 2 aliphatic rings. The predicted molar refractivity (Wildman–Crippen MR) is 78.8 cm³/mol. The SMILES string of the molecule is Cc1noc([C@@H]2[C@@H](C)OCCN2C(=O)c2n[nH]c3c2CCC3)n1. The highest BCUT2D eigenvalue weighted by Crippen LogP contribution is 2.31. The van der Waals surface area contributed by atoms with Gasteiger partial charge in [-0.25, -0.2) is 0 Å². The second-order valence-corrected chi connectivity index (χ2v) is 6.08. The molecule has 1 saturated heterocycles. The standard InChI is InChI=1S/C15H19N5O3/c1-8-13(14-16-9(2)19-23-14)20(6-7-22-8)15(21)12-10-4-3-5-11(10)17-18-12/h8,13H,3-7H2,1-2H3,(H,17,18)/t8-,13+/m1/s1. The van der Waals surface area contributed by atoms with Crippen molar-refractivity contribution in [2.24, 2.45) is 0 Å². The molecule has 8 heteroatoms. The third-order valence-corrected chi connectivity index (χ3v) is 4.56. The third kappa shape index (κ3) is 2.33. The van der Waals surface area contributed by atoms with Crippen LogP contribution in [0.3, 0.4) is 0 Å². The molecule has 0 radical (unpaired) electrons. The Morgan fingerprint density at radius 1 is 1.39 bits per heavy atom. The summed E-state index contributed by atoms with van der Waals surface area (Å²) in [5, 5.41) is 11.1. The number of aromatic nitrogens is 4. The van der Waals surface area contributed by atoms with Gasteiger partial charge in [0.1, 0.15) is 6.04 Å². The summed E-state index contributed by atoms with van der Waals surface area (Å²) in [6.45, 7) is 4.65. The van der Waals surface area contributed by atoms with Gasteiger partial charge in [0.2, 0.25) is 0 Å². The van der Waals surface area contributed by atoms with Crippen LogP contribution in [-0.2, 0) is 17.6 Å². The van der Waals surface area contributed by atoms with Gasteiger partial charge in [0.25, 0.3) is 11.8 Å². The lowest BCUT2D eigenvalue weighted by atomic mass is 10.1. The summed E-state index contributed by atoms with van der Waals surface area (Å²) in [6, 6.07) is -0.383. The van der Waals surface area contributed by atoms with Crippen molar-refractivity contribution in [3.63, 3.8) is 0 Å². The first-order valence-electron chi connectivity index (χ1n) is 7.94. The number of nitrogens with one attached hydrogen (secondary N) is 1. The van der Waals surface area contributed by atoms with Gasteiger partial charge in [0.15, 0.2) is 11.5 Å². The number of nitrogens with zero attached hydrogens (tertiary/aromatic N) is 4. The molecule has 2 atom stereocenters. The number of carbonyl (C=O) groups is 1. The minimum atomic E-state index is -0.383. The van der Waals surface area contributed by atoms with Gasteiger partial charge in [-0.3, -0.25) is 9.89 Å². The second-order valence-electron chi connectivity index (χ2n) is 6.08. The number of hydrogen-bond donors (Lipinski definition) is 1. The van der Waals surface area contributed by atoms with Crippen molar-refractivity contribution in [2.75, 3.05) is 13.2 Å². The fourth-order valence-electron chi connectivity index (χ4n) is 3.45. The molecule has 8 nitrogen and oxygen atoms in total. The zero-order valence-electron chi connectivity index (χ0n) is 13.2. The van der Waals surface area contributed by atoms with Crippen LogP contribution >= 0.6 is 0 Å². The molecule has 0 aromatic carbocycles. The highest BCUT2D eigenvalue weighted by molar-refractivity contribution is 5.94. The van der Waals surface area contributed by atoms with E-state index in [2.05, 4.69) is 20.3 Å². The Bertz CT molecular complexity index is 737. The number of carbonyl (C=O) groups excluding carboxylic acids is 1. The maximum absolute atomic E-state index is 13.1. The van der Waals surface area contributed by atoms with Crippen LogP contribution in [0.1, 0.15) is 52.8 Å². The molecular weight excluding hydrogens is 298 g/mol. The van der Waals surface area contributed by atoms with E-state index in [0.717, 1.165) is 30.5 Å². The Labute approximate surface area is 133 Å². The van der Waals surface area contributed by atoms with Gasteiger partial charge >= 0.3 is 0 Å². The van der Waals surface area contributed by atoms with Gasteiger partial charge in [0, 0.05) is 17.8 Å². The predicted octanol–water partition coefficient (Wildman–Crippen LogP) is 1.19. The van der Waals surface area contributed by atoms with E-state index in [4.69, 9.17) is 9.26 Å². The normalized spacial score (nSPS) is 24.0. The maximum atomic E-state index is 13.1. The molecule has 122 valence electrons. The quantitative estimate of drug-likeness (QED) is 0.893. The van der Waals surface area contributed by atoms with Crippen molar-refractivity contribution in [2.45, 2.75) is 45.3 Å². The fraction of sp³-hybridized carbons (Fsp3) is 0.600. The number of aryl methyl sites for hydroxylation is 2. The molecule has 0 spiro atoms. The van der Waals surface area contributed by atoms with E-state index in [1.54, 1.807) is 11.8 Å². The van der Waals surface area contributed by atoms with Crippen molar-refractivity contribution in [3.8, 4) is 0 Å². The molecular formula is C15H19N5O3. The van der Waals surface area contributed by atoms with Crippen LogP contribution in [0, 0.1) is 6.92 Å². The summed E-state index contributed by atoms with van der Waals surface area (Å²) in [6.07, 6.45) is 2.72. The molecule has 1 aliphatic heterocycles. The lowest BCUT2D eigenvalue weighted by molar-refractivity contribution is -0.0602. The zero-order valence-corrected chi connectivity index (χ0v) is 13.2. The molecule has 23 heavy (non-hydrogen) atoms. The van der Waals surface area contributed by atoms with Crippen LogP contribution in [0.5, 0.6) is 0 Å². The molecule has 2 aromatic heterocycles. The molecule has 1 N–H and O–H groups in total. The number of ether oxygens (including phenoxy) is 1. The van der Waals surface area contributed by atoms with Crippen LogP contribution in [0.4, 0.5) is 0 Å². The number of aromatic amines is 1. The van der Waals surface area contributed by atoms with Crippen LogP contribution < -0.4 is 0 Å². The molecule has 3 heterocycles. The van der Waals surface area contributed by atoms with E-state index < -0.39 is 0 Å². The van der Waals surface area contributed by atoms with E-state index in [0.29, 0.717) is 30.6 Å². The van der Waals surface area contributed by atoms with Gasteiger partial charge in [-0.15, -0.1) is 0 Å². The van der Waals surface area contributed by atoms with Crippen molar-refractivity contribution >= 4 is 5.91 Å². The minimum absolute atomic E-state index is 0.0968. The Kier molecular flexibility index (Phi) is 3.41. The van der Waals surface area contributed by atoms with E-state index in [9.17, 15) is 4.79 Å². The third-order valence-electron chi connectivity index (χ3n) is 4.56. The Morgan fingerprint density at radius 2 is 2.26 bits per heavy atom. The van der Waals surface area contributed by atoms with E-state index >= 15 is 0 Å². The molecule has 0 bridgehead atoms. The fourth-order valence-corrected chi connectivity index (χ4v) is 3.45. The number of amides is 1. The Morgan fingerprint density at radius 3 is 3.04 bits per heavy atom. The number of morpholine rings is 1. The van der Waals surface area contributed by atoms with E-state index in [1.165, 1.54) is 0 Å². The summed E-state index contributed by atoms with van der Waals surface area (Å²) in [5.74, 6) is 0.862. The number of fused-ring (bicyclic) bond motifs is 1. The highest BCUT2D eigenvalue weighted by Gasteiger charge is 2.40. The molecule has 1 fully saturated rings. The first-order chi connectivity index (χ1) is 11.1. The molecule has 0 saturated carbocycles. The lowest BCUT2D eigenvalue weighted by Crippen LogP contribution is -2.47. The van der Waals surface area contributed by atoms with Gasteiger partial charge in [0.05, 0.1) is 12.7 Å².